The number of ether oxygens (including phenoxy) is 1. The minimum atomic E-state index is -0.504. The maximum absolute atomic E-state index is 12.4. The molecule has 2 amide bonds. The van der Waals surface area contributed by atoms with Crippen LogP contribution in [0.4, 0.5) is 4.79 Å². The van der Waals surface area contributed by atoms with Gasteiger partial charge in [0.25, 0.3) is 0 Å². The highest BCUT2D eigenvalue weighted by Gasteiger charge is 2.35. The van der Waals surface area contributed by atoms with E-state index in [9.17, 15) is 9.59 Å². The molecule has 0 spiro atoms. The summed E-state index contributed by atoms with van der Waals surface area (Å²) in [5.41, 5.74) is 0.854. The molecule has 8 nitrogen and oxygen atoms in total. The van der Waals surface area contributed by atoms with E-state index in [0.717, 1.165) is 16.6 Å². The van der Waals surface area contributed by atoms with Gasteiger partial charge in [0.1, 0.15) is 17.3 Å². The second kappa shape index (κ2) is 8.28. The molecule has 1 aromatic rings. The molecule has 0 aromatic carbocycles. The Morgan fingerprint density at radius 2 is 2.20 bits per heavy atom. The van der Waals surface area contributed by atoms with Crippen molar-refractivity contribution in [2.24, 2.45) is 5.16 Å². The highest BCUT2D eigenvalue weighted by molar-refractivity contribution is 9.18. The number of likely N-dealkylation sites (tertiary alicyclic amines) is 1. The van der Waals surface area contributed by atoms with Crippen molar-refractivity contribution in [3.05, 3.63) is 30.1 Å². The average Bonchev–Trinajstić information content (AvgIpc) is 3.27. The number of oxime groups is 1. The molecule has 0 aliphatic carbocycles. The summed E-state index contributed by atoms with van der Waals surface area (Å²) in [6, 6.07) is 3.06. The fraction of sp³-hybridized carbons (Fsp3) is 0.500. The van der Waals surface area contributed by atoms with Crippen LogP contribution < -0.4 is 5.32 Å². The van der Waals surface area contributed by atoms with Gasteiger partial charge in [0, 0.05) is 25.4 Å². The van der Waals surface area contributed by atoms with Gasteiger partial charge in [-0.2, -0.15) is 0 Å². The maximum Gasteiger partial charge on any atom is 0.410 e. The molecule has 3 rings (SSSR count). The molecule has 2 atom stereocenters. The topological polar surface area (TPSA) is 93.1 Å². The van der Waals surface area contributed by atoms with Crippen LogP contribution in [-0.2, 0) is 21.0 Å². The molecule has 9 heteroatoms. The summed E-state index contributed by atoms with van der Waals surface area (Å²) >= 11 is 3.26. The predicted octanol–water partition coefficient (Wildman–Crippen LogP) is 1.80. The molecule has 2 aliphatic heterocycles. The van der Waals surface area contributed by atoms with Gasteiger partial charge in [0.2, 0.25) is 5.91 Å². The Morgan fingerprint density at radius 1 is 1.40 bits per heavy atom. The molecule has 2 aliphatic rings. The van der Waals surface area contributed by atoms with Crippen LogP contribution in [0.1, 0.15) is 24.8 Å². The molecule has 0 radical (unpaired) electrons. The van der Waals surface area contributed by atoms with E-state index in [1.807, 2.05) is 0 Å². The zero-order valence-electron chi connectivity index (χ0n) is 13.6. The molecule has 1 N–H and O–H groups in total. The Labute approximate surface area is 153 Å². The minimum absolute atomic E-state index is 0.160. The Balaban J connectivity index is 1.47. The van der Waals surface area contributed by atoms with Crippen molar-refractivity contribution < 1.29 is 19.2 Å². The second-order valence-corrected chi connectivity index (χ2v) is 6.82. The lowest BCUT2D eigenvalue weighted by Crippen LogP contribution is -2.47. The summed E-state index contributed by atoms with van der Waals surface area (Å²) < 4.78 is 6.04. The maximum atomic E-state index is 12.4. The van der Waals surface area contributed by atoms with Crippen LogP contribution in [0.15, 0.2) is 29.7 Å². The van der Waals surface area contributed by atoms with Gasteiger partial charge in [0.15, 0.2) is 6.10 Å². The monoisotopic (exact) mass is 410 g/mol. The van der Waals surface area contributed by atoms with Crippen molar-refractivity contribution in [2.45, 2.75) is 38.0 Å². The van der Waals surface area contributed by atoms with E-state index in [4.69, 9.17) is 9.57 Å². The number of rotatable bonds is 5. The lowest BCUT2D eigenvalue weighted by molar-refractivity contribution is -0.125. The average molecular weight is 411 g/mol. The van der Waals surface area contributed by atoms with Gasteiger partial charge in [-0.1, -0.05) is 5.16 Å². The zero-order chi connectivity index (χ0) is 17.6. The fourth-order valence-corrected chi connectivity index (χ4v) is 3.25. The molecule has 0 bridgehead atoms. The van der Waals surface area contributed by atoms with Crippen LogP contribution in [-0.4, -0.2) is 51.7 Å². The molecule has 0 unspecified atom stereocenters. The first-order valence-electron chi connectivity index (χ1n) is 8.11. The molecular formula is C16H19BrN4O4. The number of carbonyl (C=O) groups excluding carboxylic acids is 2. The van der Waals surface area contributed by atoms with Gasteiger partial charge in [-0.05, 0) is 46.5 Å². The van der Waals surface area contributed by atoms with Crippen LogP contribution in [0.5, 0.6) is 0 Å². The summed E-state index contributed by atoms with van der Waals surface area (Å²) in [6.45, 7) is 1.03. The first-order valence-corrected chi connectivity index (χ1v) is 8.91. The third-order valence-corrected chi connectivity index (χ3v) is 4.57. The number of pyridine rings is 1. The standard InChI is InChI=1S/C16H19BrN4O4/c17-14-8-12(25-20-14)9-19-15(22)13-2-1-7-21(13)16(23)24-10-11-3-5-18-6-4-11/h3-6,12-13H,1-2,7-10H2,(H,19,22)/t12-,13-/m0/s1. The molecule has 0 saturated carbocycles. The number of halogens is 1. The molecule has 134 valence electrons. The SMILES string of the molecule is O=C(NC[C@@H]1CC(Br)=NO1)[C@@H]1CCCN1C(=O)OCc1ccncc1. The van der Waals surface area contributed by atoms with E-state index in [1.165, 1.54) is 4.90 Å². The Bertz CT molecular complexity index is 655. The van der Waals surface area contributed by atoms with Crippen molar-refractivity contribution in [1.82, 2.24) is 15.2 Å². The normalized spacial score (nSPS) is 22.3. The van der Waals surface area contributed by atoms with Crippen molar-refractivity contribution in [1.29, 1.82) is 0 Å². The largest absolute Gasteiger partial charge is 0.445 e. The quantitative estimate of drug-likeness (QED) is 0.798. The number of hydrogen-bond donors (Lipinski definition) is 1. The number of amides is 2. The smallest absolute Gasteiger partial charge is 0.410 e. The third kappa shape index (κ3) is 4.68. The fourth-order valence-electron chi connectivity index (χ4n) is 2.80. The van der Waals surface area contributed by atoms with Gasteiger partial charge >= 0.3 is 6.09 Å². The van der Waals surface area contributed by atoms with Gasteiger partial charge in [-0.15, -0.1) is 0 Å². The lowest BCUT2D eigenvalue weighted by Gasteiger charge is -2.23. The Kier molecular flexibility index (Phi) is 5.85. The Morgan fingerprint density at radius 3 is 2.92 bits per heavy atom. The van der Waals surface area contributed by atoms with Crippen molar-refractivity contribution >= 4 is 32.6 Å². The summed E-state index contributed by atoms with van der Waals surface area (Å²) in [5.74, 6) is -0.190. The van der Waals surface area contributed by atoms with Crippen LogP contribution in [0.2, 0.25) is 0 Å². The van der Waals surface area contributed by atoms with Gasteiger partial charge in [-0.3, -0.25) is 14.7 Å². The molecule has 1 aromatic heterocycles. The van der Waals surface area contributed by atoms with Crippen LogP contribution in [0.3, 0.4) is 0 Å². The minimum Gasteiger partial charge on any atom is -0.445 e. The number of hydrogen-bond acceptors (Lipinski definition) is 6. The second-order valence-electron chi connectivity index (χ2n) is 5.91. The Hall–Kier alpha value is -2.16. The number of carbonyl (C=O) groups is 2. The van der Waals surface area contributed by atoms with E-state index in [2.05, 4.69) is 31.4 Å². The number of nitrogens with one attached hydrogen (secondary N) is 1. The summed E-state index contributed by atoms with van der Waals surface area (Å²) in [7, 11) is 0. The molecule has 3 heterocycles. The van der Waals surface area contributed by atoms with Gasteiger partial charge in [-0.25, -0.2) is 4.79 Å². The van der Waals surface area contributed by atoms with E-state index in [1.54, 1.807) is 24.5 Å². The third-order valence-electron chi connectivity index (χ3n) is 4.10. The highest BCUT2D eigenvalue weighted by atomic mass is 79.9. The zero-order valence-corrected chi connectivity index (χ0v) is 15.1. The molecule has 25 heavy (non-hydrogen) atoms. The molecular weight excluding hydrogens is 392 g/mol. The van der Waals surface area contributed by atoms with E-state index in [0.29, 0.717) is 25.9 Å². The summed E-state index contributed by atoms with van der Waals surface area (Å²) in [4.78, 5) is 35.3. The van der Waals surface area contributed by atoms with Gasteiger partial charge < -0.3 is 14.9 Å². The van der Waals surface area contributed by atoms with Crippen molar-refractivity contribution in [3.63, 3.8) is 0 Å². The highest BCUT2D eigenvalue weighted by Crippen LogP contribution is 2.19. The predicted molar refractivity (Wildman–Crippen MR) is 93.0 cm³/mol. The van der Waals surface area contributed by atoms with Crippen molar-refractivity contribution in [3.8, 4) is 0 Å². The van der Waals surface area contributed by atoms with E-state index < -0.39 is 12.1 Å². The molecule has 1 fully saturated rings. The first kappa shape index (κ1) is 17.7. The first-order chi connectivity index (χ1) is 12.1. The van der Waals surface area contributed by atoms with Crippen LogP contribution in [0.25, 0.3) is 0 Å². The summed E-state index contributed by atoms with van der Waals surface area (Å²) in [5, 5.41) is 6.61. The number of nitrogens with zero attached hydrogens (tertiary/aromatic N) is 3. The number of aromatic nitrogens is 1. The molecule has 1 saturated heterocycles. The van der Waals surface area contributed by atoms with Gasteiger partial charge in [0.05, 0.1) is 6.54 Å². The van der Waals surface area contributed by atoms with Crippen LogP contribution in [0, 0.1) is 0 Å². The van der Waals surface area contributed by atoms with E-state index >= 15 is 0 Å². The summed E-state index contributed by atoms with van der Waals surface area (Å²) in [6.07, 6.45) is 4.66. The van der Waals surface area contributed by atoms with Crippen molar-refractivity contribution in [2.75, 3.05) is 13.1 Å². The lowest BCUT2D eigenvalue weighted by atomic mass is 10.2. The van der Waals surface area contributed by atoms with Crippen LogP contribution >= 0.6 is 15.9 Å². The van der Waals surface area contributed by atoms with E-state index in [-0.39, 0.29) is 18.6 Å².